The summed E-state index contributed by atoms with van der Waals surface area (Å²) in [6.45, 7) is 4.91. The number of hydrogen-bond donors (Lipinski definition) is 1. The van der Waals surface area contributed by atoms with Gasteiger partial charge in [-0.25, -0.2) is 0 Å². The van der Waals surface area contributed by atoms with E-state index in [1.165, 1.54) is 0 Å². The van der Waals surface area contributed by atoms with Crippen molar-refractivity contribution < 1.29 is 9.53 Å². The third-order valence-corrected chi connectivity index (χ3v) is 4.51. The van der Waals surface area contributed by atoms with E-state index in [9.17, 15) is 4.79 Å². The van der Waals surface area contributed by atoms with E-state index in [4.69, 9.17) is 4.74 Å². The Balaban J connectivity index is 1.67. The Morgan fingerprint density at radius 2 is 1.36 bits per heavy atom. The third kappa shape index (κ3) is 5.71. The van der Waals surface area contributed by atoms with Crippen LogP contribution in [-0.2, 0) is 4.79 Å². The van der Waals surface area contributed by atoms with E-state index in [1.54, 1.807) is 0 Å². The van der Waals surface area contributed by atoms with E-state index in [-0.39, 0.29) is 11.8 Å². The van der Waals surface area contributed by atoms with Crippen LogP contribution < -0.4 is 10.1 Å². The number of rotatable bonds is 8. The van der Waals surface area contributed by atoms with Crippen LogP contribution in [-0.4, -0.2) is 12.5 Å². The van der Waals surface area contributed by atoms with E-state index in [0.29, 0.717) is 18.9 Å². The standard InChI is InChI=1S/C25H27NO2/c1-19(2)18-28-23-15-13-22(14-16-23)26-25(27)17-24(20-9-5-3-6-10-20)21-11-7-4-8-12-21/h3-16,19,24H,17-18H2,1-2H3,(H,26,27). The molecule has 3 rings (SSSR count). The normalized spacial score (nSPS) is 10.9. The average Bonchev–Trinajstić information content (AvgIpc) is 2.73. The molecule has 3 nitrogen and oxygen atoms in total. The van der Waals surface area contributed by atoms with Gasteiger partial charge in [0.25, 0.3) is 0 Å². The highest BCUT2D eigenvalue weighted by Crippen LogP contribution is 2.28. The molecule has 3 aromatic rings. The molecule has 3 heteroatoms. The van der Waals surface area contributed by atoms with Crippen molar-refractivity contribution in [2.45, 2.75) is 26.2 Å². The Hall–Kier alpha value is -3.07. The highest BCUT2D eigenvalue weighted by molar-refractivity contribution is 5.91. The first-order valence-corrected chi connectivity index (χ1v) is 9.74. The zero-order chi connectivity index (χ0) is 19.8. The average molecular weight is 373 g/mol. The second kappa shape index (κ2) is 9.75. The van der Waals surface area contributed by atoms with Crippen molar-refractivity contribution in [3.05, 3.63) is 96.1 Å². The molecule has 0 radical (unpaired) electrons. The fraction of sp³-hybridized carbons (Fsp3) is 0.240. The van der Waals surface area contributed by atoms with Gasteiger partial charge < -0.3 is 10.1 Å². The molecule has 3 aromatic carbocycles. The molecule has 0 bridgehead atoms. The lowest BCUT2D eigenvalue weighted by molar-refractivity contribution is -0.116. The van der Waals surface area contributed by atoms with Crippen LogP contribution >= 0.6 is 0 Å². The van der Waals surface area contributed by atoms with Crippen LogP contribution in [0, 0.1) is 5.92 Å². The highest BCUT2D eigenvalue weighted by atomic mass is 16.5. The van der Waals surface area contributed by atoms with Crippen molar-refractivity contribution in [1.82, 2.24) is 0 Å². The van der Waals surface area contributed by atoms with Gasteiger partial charge in [0.15, 0.2) is 0 Å². The summed E-state index contributed by atoms with van der Waals surface area (Å²) in [7, 11) is 0. The predicted octanol–water partition coefficient (Wildman–Crippen LogP) is 5.88. The monoisotopic (exact) mass is 373 g/mol. The molecule has 0 unspecified atom stereocenters. The van der Waals surface area contributed by atoms with Crippen LogP contribution in [0.3, 0.4) is 0 Å². The second-order valence-electron chi connectivity index (χ2n) is 7.36. The molecular formula is C25H27NO2. The van der Waals surface area contributed by atoms with Crippen LogP contribution in [0.15, 0.2) is 84.9 Å². The number of anilines is 1. The Morgan fingerprint density at radius 1 is 0.821 bits per heavy atom. The smallest absolute Gasteiger partial charge is 0.225 e. The summed E-state index contributed by atoms with van der Waals surface area (Å²) in [6, 6.07) is 27.9. The first kappa shape index (κ1) is 19.7. The van der Waals surface area contributed by atoms with Gasteiger partial charge in [-0.2, -0.15) is 0 Å². The summed E-state index contributed by atoms with van der Waals surface area (Å²) in [6.07, 6.45) is 0.389. The van der Waals surface area contributed by atoms with Gasteiger partial charge in [0.1, 0.15) is 5.75 Å². The largest absolute Gasteiger partial charge is 0.493 e. The van der Waals surface area contributed by atoms with Gasteiger partial charge in [0.05, 0.1) is 6.61 Å². The Bertz CT molecular complexity index is 819. The van der Waals surface area contributed by atoms with Crippen LogP contribution in [0.2, 0.25) is 0 Å². The summed E-state index contributed by atoms with van der Waals surface area (Å²) >= 11 is 0. The Morgan fingerprint density at radius 3 is 1.86 bits per heavy atom. The quantitative estimate of drug-likeness (QED) is 0.535. The molecule has 144 valence electrons. The maximum Gasteiger partial charge on any atom is 0.225 e. The molecule has 0 saturated carbocycles. The van der Waals surface area contributed by atoms with Crippen LogP contribution in [0.4, 0.5) is 5.69 Å². The summed E-state index contributed by atoms with van der Waals surface area (Å²) in [5, 5.41) is 3.01. The van der Waals surface area contributed by atoms with Crippen molar-refractivity contribution in [2.75, 3.05) is 11.9 Å². The minimum absolute atomic E-state index is 0.00597. The molecule has 1 N–H and O–H groups in total. The van der Waals surface area contributed by atoms with Crippen LogP contribution in [0.5, 0.6) is 5.75 Å². The van der Waals surface area contributed by atoms with Crippen LogP contribution in [0.1, 0.15) is 37.3 Å². The Labute approximate surface area is 167 Å². The first-order valence-electron chi connectivity index (χ1n) is 9.74. The van der Waals surface area contributed by atoms with Crippen molar-refractivity contribution in [2.24, 2.45) is 5.92 Å². The number of ether oxygens (including phenoxy) is 1. The summed E-state index contributed by atoms with van der Waals surface area (Å²) in [4.78, 5) is 12.7. The fourth-order valence-corrected chi connectivity index (χ4v) is 3.09. The molecule has 0 heterocycles. The van der Waals surface area contributed by atoms with Gasteiger partial charge in [-0.15, -0.1) is 0 Å². The van der Waals surface area contributed by atoms with Gasteiger partial charge in [-0.3, -0.25) is 4.79 Å². The summed E-state index contributed by atoms with van der Waals surface area (Å²) < 4.78 is 5.69. The molecule has 0 saturated heterocycles. The molecular weight excluding hydrogens is 346 g/mol. The van der Waals surface area contributed by atoms with Gasteiger partial charge >= 0.3 is 0 Å². The topological polar surface area (TPSA) is 38.3 Å². The summed E-state index contributed by atoms with van der Waals surface area (Å²) in [5.41, 5.74) is 3.06. The van der Waals surface area contributed by atoms with Gasteiger partial charge in [0.2, 0.25) is 5.91 Å². The third-order valence-electron chi connectivity index (χ3n) is 4.51. The predicted molar refractivity (Wildman–Crippen MR) is 115 cm³/mol. The molecule has 0 aromatic heterocycles. The first-order chi connectivity index (χ1) is 13.6. The number of amides is 1. The molecule has 0 aliphatic heterocycles. The zero-order valence-electron chi connectivity index (χ0n) is 16.5. The number of benzene rings is 3. The van der Waals surface area contributed by atoms with E-state index in [1.807, 2.05) is 60.7 Å². The van der Waals surface area contributed by atoms with Gasteiger partial charge in [-0.05, 0) is 41.3 Å². The van der Waals surface area contributed by atoms with Crippen molar-refractivity contribution >= 4 is 11.6 Å². The van der Waals surface area contributed by atoms with E-state index in [2.05, 4.69) is 43.4 Å². The maximum atomic E-state index is 12.7. The lowest BCUT2D eigenvalue weighted by Gasteiger charge is -2.18. The number of carbonyl (C=O) groups excluding carboxylic acids is 1. The molecule has 1 amide bonds. The highest BCUT2D eigenvalue weighted by Gasteiger charge is 2.18. The molecule has 0 fully saturated rings. The zero-order valence-corrected chi connectivity index (χ0v) is 16.5. The minimum Gasteiger partial charge on any atom is -0.493 e. The minimum atomic E-state index is -0.00597. The van der Waals surface area contributed by atoms with E-state index < -0.39 is 0 Å². The van der Waals surface area contributed by atoms with Crippen molar-refractivity contribution in [3.63, 3.8) is 0 Å². The molecule has 0 aliphatic carbocycles. The van der Waals surface area contributed by atoms with Gasteiger partial charge in [-0.1, -0.05) is 74.5 Å². The Kier molecular flexibility index (Phi) is 6.85. The number of nitrogens with one attached hydrogen (secondary N) is 1. The summed E-state index contributed by atoms with van der Waals surface area (Å²) in [5.74, 6) is 1.31. The van der Waals surface area contributed by atoms with E-state index >= 15 is 0 Å². The van der Waals surface area contributed by atoms with Crippen molar-refractivity contribution in [1.29, 1.82) is 0 Å². The molecule has 0 aliphatic rings. The number of carbonyl (C=O) groups is 1. The maximum absolute atomic E-state index is 12.7. The van der Waals surface area contributed by atoms with Crippen molar-refractivity contribution in [3.8, 4) is 5.75 Å². The SMILES string of the molecule is CC(C)COc1ccc(NC(=O)CC(c2ccccc2)c2ccccc2)cc1. The molecule has 0 atom stereocenters. The molecule has 28 heavy (non-hydrogen) atoms. The lowest BCUT2D eigenvalue weighted by atomic mass is 9.88. The van der Waals surface area contributed by atoms with E-state index in [0.717, 1.165) is 22.6 Å². The second-order valence-corrected chi connectivity index (χ2v) is 7.36. The van der Waals surface area contributed by atoms with Gasteiger partial charge in [0, 0.05) is 18.0 Å². The van der Waals surface area contributed by atoms with Crippen LogP contribution in [0.25, 0.3) is 0 Å². The lowest BCUT2D eigenvalue weighted by Crippen LogP contribution is -2.16. The fourth-order valence-electron chi connectivity index (χ4n) is 3.09. The molecule has 0 spiro atoms. The number of hydrogen-bond acceptors (Lipinski definition) is 2.